The van der Waals surface area contributed by atoms with Crippen molar-refractivity contribution in [2.75, 3.05) is 19.1 Å². The van der Waals surface area contributed by atoms with Crippen LogP contribution in [-0.2, 0) is 22.6 Å². The smallest absolute Gasteiger partial charge is 0.332 e. The Morgan fingerprint density at radius 3 is 2.54 bits per heavy atom. The van der Waals surface area contributed by atoms with Crippen molar-refractivity contribution in [2.45, 2.75) is 70.3 Å². The van der Waals surface area contributed by atoms with E-state index < -0.39 is 12.1 Å². The molecule has 1 amide bonds. The van der Waals surface area contributed by atoms with E-state index in [0.717, 1.165) is 36.3 Å². The minimum Gasteiger partial charge on any atom is -0.496 e. The van der Waals surface area contributed by atoms with Crippen molar-refractivity contribution in [3.8, 4) is 5.75 Å². The summed E-state index contributed by atoms with van der Waals surface area (Å²) in [6.45, 7) is 4.16. The average molecular weight is 484 g/mol. The Hall–Kier alpha value is -2.94. The number of aliphatic hydroxyl groups excluding tert-OH is 1. The number of aliphatic hydroxyl groups is 1. The van der Waals surface area contributed by atoms with Crippen LogP contribution in [0.3, 0.4) is 0 Å². The molecule has 0 saturated carbocycles. The molecule has 35 heavy (non-hydrogen) atoms. The molecule has 2 aromatic carbocycles. The number of anilines is 1. The number of nitrogens with one attached hydrogen (secondary N) is 2. The van der Waals surface area contributed by atoms with Gasteiger partial charge in [0.25, 0.3) is 0 Å². The number of aliphatic carboxylic acids is 1. The summed E-state index contributed by atoms with van der Waals surface area (Å²) in [6.07, 6.45) is 2.39. The van der Waals surface area contributed by atoms with Crippen molar-refractivity contribution >= 4 is 17.6 Å². The number of methoxy groups -OCH3 is 1. The van der Waals surface area contributed by atoms with Gasteiger partial charge < -0.3 is 30.5 Å². The standard InChI is InChI=1S/C24H31N3O2.C3H6O3/c1-16-9-11-20(24(26-16)17-7-5-4-6-8-17)25-15-19-13-21-18(14-22(19)29-3)10-12-23(28)27(21)2;1-2(4)3(5)6/h4-8,13-14,16,20,24-26H,9-12,15H2,1-3H3;2,4H,1H3,(H,5,6). The largest absolute Gasteiger partial charge is 0.496 e. The van der Waals surface area contributed by atoms with Gasteiger partial charge in [-0.2, -0.15) is 0 Å². The maximum absolute atomic E-state index is 12.1. The van der Waals surface area contributed by atoms with Crippen molar-refractivity contribution < 1.29 is 24.5 Å². The lowest BCUT2D eigenvalue weighted by atomic mass is 9.89. The molecule has 2 heterocycles. The van der Waals surface area contributed by atoms with E-state index in [9.17, 15) is 9.59 Å². The number of rotatable bonds is 6. The predicted molar refractivity (Wildman–Crippen MR) is 136 cm³/mol. The minimum atomic E-state index is -1.23. The second-order valence-electron chi connectivity index (χ2n) is 9.28. The summed E-state index contributed by atoms with van der Waals surface area (Å²) in [5.74, 6) is -0.112. The molecule has 1 fully saturated rings. The molecule has 4 rings (SSSR count). The SMILES string of the molecule is CC(O)C(=O)O.COc1cc2c(cc1CNC1CCC(C)NC1c1ccccc1)N(C)C(=O)CC2. The molecule has 0 aromatic heterocycles. The molecule has 0 aliphatic carbocycles. The first kappa shape index (κ1) is 26.7. The Morgan fingerprint density at radius 2 is 1.91 bits per heavy atom. The van der Waals surface area contributed by atoms with Crippen LogP contribution in [0.1, 0.15) is 55.8 Å². The molecule has 4 N–H and O–H groups in total. The first-order valence-corrected chi connectivity index (χ1v) is 12.1. The number of aryl methyl sites for hydroxylation is 1. The van der Waals surface area contributed by atoms with Crippen LogP contribution in [0.25, 0.3) is 0 Å². The van der Waals surface area contributed by atoms with Gasteiger partial charge in [-0.3, -0.25) is 4.79 Å². The second kappa shape index (κ2) is 12.2. The van der Waals surface area contributed by atoms with E-state index in [0.29, 0.717) is 25.0 Å². The highest BCUT2D eigenvalue weighted by Gasteiger charge is 2.29. The second-order valence-corrected chi connectivity index (χ2v) is 9.28. The van der Waals surface area contributed by atoms with Gasteiger partial charge in [0.1, 0.15) is 11.9 Å². The fraction of sp³-hybridized carbons (Fsp3) is 0.481. The monoisotopic (exact) mass is 483 g/mol. The van der Waals surface area contributed by atoms with Crippen molar-refractivity contribution in [2.24, 2.45) is 0 Å². The molecule has 8 nitrogen and oxygen atoms in total. The zero-order chi connectivity index (χ0) is 25.5. The normalized spacial score (nSPS) is 22.5. The Kier molecular flexibility index (Phi) is 9.26. The summed E-state index contributed by atoms with van der Waals surface area (Å²) in [5.41, 5.74) is 4.61. The summed E-state index contributed by atoms with van der Waals surface area (Å²) in [4.78, 5) is 23.4. The third kappa shape index (κ3) is 6.81. The van der Waals surface area contributed by atoms with E-state index in [4.69, 9.17) is 14.9 Å². The number of hydrogen-bond donors (Lipinski definition) is 4. The molecule has 4 atom stereocenters. The Morgan fingerprint density at radius 1 is 1.23 bits per heavy atom. The van der Waals surface area contributed by atoms with Gasteiger partial charge in [0.05, 0.1) is 7.11 Å². The zero-order valence-corrected chi connectivity index (χ0v) is 21.0. The Bertz CT molecular complexity index is 1010. The van der Waals surface area contributed by atoms with Gasteiger partial charge in [-0.1, -0.05) is 30.3 Å². The molecule has 1 saturated heterocycles. The molecule has 8 heteroatoms. The van der Waals surface area contributed by atoms with Crippen LogP contribution >= 0.6 is 0 Å². The van der Waals surface area contributed by atoms with E-state index in [-0.39, 0.29) is 11.9 Å². The van der Waals surface area contributed by atoms with Crippen LogP contribution in [0.2, 0.25) is 0 Å². The lowest BCUT2D eigenvalue weighted by molar-refractivity contribution is -0.145. The molecule has 0 radical (unpaired) electrons. The van der Waals surface area contributed by atoms with Gasteiger partial charge in [0.15, 0.2) is 0 Å². The molecule has 2 aromatic rings. The number of fused-ring (bicyclic) bond motifs is 1. The number of nitrogens with zero attached hydrogens (tertiary/aromatic N) is 1. The van der Waals surface area contributed by atoms with E-state index in [1.807, 2.05) is 7.05 Å². The fourth-order valence-electron chi connectivity index (χ4n) is 4.59. The van der Waals surface area contributed by atoms with Crippen molar-refractivity contribution in [1.82, 2.24) is 10.6 Å². The van der Waals surface area contributed by atoms with Crippen LogP contribution < -0.4 is 20.3 Å². The van der Waals surface area contributed by atoms with Crippen LogP contribution in [0.5, 0.6) is 5.75 Å². The fourth-order valence-corrected chi connectivity index (χ4v) is 4.59. The van der Waals surface area contributed by atoms with Gasteiger partial charge in [0.2, 0.25) is 5.91 Å². The Balaban J connectivity index is 0.000000509. The number of carbonyl (C=O) groups excluding carboxylic acids is 1. The first-order chi connectivity index (χ1) is 16.7. The highest BCUT2D eigenvalue weighted by molar-refractivity contribution is 5.96. The molecule has 2 aliphatic rings. The number of benzene rings is 2. The van der Waals surface area contributed by atoms with Crippen molar-refractivity contribution in [3.63, 3.8) is 0 Å². The average Bonchev–Trinajstić information content (AvgIpc) is 2.86. The van der Waals surface area contributed by atoms with Gasteiger partial charge in [-0.25, -0.2) is 4.79 Å². The summed E-state index contributed by atoms with van der Waals surface area (Å²) < 4.78 is 5.68. The van der Waals surface area contributed by atoms with Crippen LogP contribution in [0.15, 0.2) is 42.5 Å². The predicted octanol–water partition coefficient (Wildman–Crippen LogP) is 3.03. The summed E-state index contributed by atoms with van der Waals surface area (Å²) in [6, 6.07) is 16.0. The molecule has 2 aliphatic heterocycles. The maximum atomic E-state index is 12.1. The minimum absolute atomic E-state index is 0.177. The van der Waals surface area contributed by atoms with Gasteiger partial charge >= 0.3 is 5.97 Å². The van der Waals surface area contributed by atoms with Crippen LogP contribution in [0.4, 0.5) is 5.69 Å². The maximum Gasteiger partial charge on any atom is 0.332 e. The van der Waals surface area contributed by atoms with Gasteiger partial charge in [-0.05, 0) is 56.4 Å². The number of carboxylic acids is 1. The topological polar surface area (TPSA) is 111 Å². The Labute approximate surface area is 207 Å². The van der Waals surface area contributed by atoms with Crippen molar-refractivity contribution in [1.29, 1.82) is 0 Å². The lowest BCUT2D eigenvalue weighted by Crippen LogP contribution is -2.49. The third-order valence-corrected chi connectivity index (χ3v) is 6.67. The van der Waals surface area contributed by atoms with Gasteiger partial charge in [0, 0.05) is 49.4 Å². The molecule has 0 bridgehead atoms. The third-order valence-electron chi connectivity index (χ3n) is 6.67. The zero-order valence-electron chi connectivity index (χ0n) is 21.0. The van der Waals surface area contributed by atoms with E-state index >= 15 is 0 Å². The van der Waals surface area contributed by atoms with Crippen LogP contribution in [-0.4, -0.2) is 54.4 Å². The van der Waals surface area contributed by atoms with E-state index in [1.165, 1.54) is 18.1 Å². The number of ether oxygens (including phenoxy) is 1. The highest BCUT2D eigenvalue weighted by Crippen LogP contribution is 2.34. The first-order valence-electron chi connectivity index (χ1n) is 12.1. The van der Waals surface area contributed by atoms with E-state index in [2.05, 4.69) is 60.0 Å². The van der Waals surface area contributed by atoms with Crippen LogP contribution in [0, 0.1) is 0 Å². The molecule has 0 spiro atoms. The number of carbonyl (C=O) groups is 2. The lowest BCUT2D eigenvalue weighted by Gasteiger charge is -2.37. The summed E-state index contributed by atoms with van der Waals surface area (Å²) in [5, 5.41) is 23.3. The molecular formula is C27H37N3O5. The summed E-state index contributed by atoms with van der Waals surface area (Å²) >= 11 is 0. The molecule has 4 unspecified atom stereocenters. The number of hydrogen-bond acceptors (Lipinski definition) is 6. The highest BCUT2D eigenvalue weighted by atomic mass is 16.5. The van der Waals surface area contributed by atoms with Gasteiger partial charge in [-0.15, -0.1) is 0 Å². The number of carboxylic acid groups (broad SMARTS) is 1. The van der Waals surface area contributed by atoms with E-state index in [1.54, 1.807) is 12.0 Å². The van der Waals surface area contributed by atoms with Crippen molar-refractivity contribution in [3.05, 3.63) is 59.2 Å². The molecule has 190 valence electrons. The number of piperidine rings is 1. The summed E-state index contributed by atoms with van der Waals surface area (Å²) in [7, 11) is 3.58. The quantitative estimate of drug-likeness (QED) is 0.500. The molecular weight excluding hydrogens is 446 g/mol. The number of amides is 1.